The number of esters is 1. The van der Waals surface area contributed by atoms with E-state index in [1.54, 1.807) is 7.11 Å². The molecular formula is C9H14O4. The van der Waals surface area contributed by atoms with Crippen molar-refractivity contribution < 1.29 is 19.0 Å². The Hall–Kier alpha value is -1.03. The molecule has 4 heteroatoms. The summed E-state index contributed by atoms with van der Waals surface area (Å²) in [6.45, 7) is 1.42. The van der Waals surface area contributed by atoms with Crippen LogP contribution >= 0.6 is 0 Å². The normalized spacial score (nSPS) is 18.7. The van der Waals surface area contributed by atoms with Gasteiger partial charge in [0.05, 0.1) is 19.3 Å². The van der Waals surface area contributed by atoms with E-state index in [1.807, 2.05) is 0 Å². The van der Waals surface area contributed by atoms with E-state index in [2.05, 4.69) is 0 Å². The van der Waals surface area contributed by atoms with Gasteiger partial charge in [-0.15, -0.1) is 0 Å². The van der Waals surface area contributed by atoms with E-state index in [1.165, 1.54) is 6.08 Å². The van der Waals surface area contributed by atoms with Crippen LogP contribution in [0, 0.1) is 0 Å². The highest BCUT2D eigenvalue weighted by molar-refractivity contribution is 5.82. The molecule has 0 unspecified atom stereocenters. The van der Waals surface area contributed by atoms with Gasteiger partial charge in [-0.05, 0) is 6.42 Å². The van der Waals surface area contributed by atoms with Gasteiger partial charge in [-0.2, -0.15) is 0 Å². The van der Waals surface area contributed by atoms with Gasteiger partial charge in [0.1, 0.15) is 12.4 Å². The van der Waals surface area contributed by atoms with E-state index in [9.17, 15) is 4.79 Å². The average molecular weight is 186 g/mol. The minimum atomic E-state index is -0.353. The monoisotopic (exact) mass is 186 g/mol. The zero-order valence-corrected chi connectivity index (χ0v) is 7.75. The summed E-state index contributed by atoms with van der Waals surface area (Å²) in [5.41, 5.74) is 0. The Labute approximate surface area is 77.5 Å². The Morgan fingerprint density at radius 3 is 3.08 bits per heavy atom. The van der Waals surface area contributed by atoms with Crippen molar-refractivity contribution in [3.8, 4) is 0 Å². The first kappa shape index (κ1) is 10.1. The topological polar surface area (TPSA) is 44.8 Å². The Bertz CT molecular complexity index is 190. The molecule has 1 heterocycles. The zero-order chi connectivity index (χ0) is 9.52. The van der Waals surface area contributed by atoms with Gasteiger partial charge in [0.25, 0.3) is 0 Å². The molecule has 1 aliphatic rings. The summed E-state index contributed by atoms with van der Waals surface area (Å²) in [6, 6.07) is 0. The molecule has 0 aliphatic carbocycles. The minimum absolute atomic E-state index is 0.291. The molecule has 0 spiro atoms. The molecule has 13 heavy (non-hydrogen) atoms. The Morgan fingerprint density at radius 1 is 1.62 bits per heavy atom. The lowest BCUT2D eigenvalue weighted by Gasteiger charge is -2.01. The number of carbonyl (C=O) groups is 1. The van der Waals surface area contributed by atoms with Gasteiger partial charge in [-0.1, -0.05) is 0 Å². The molecular weight excluding hydrogens is 172 g/mol. The van der Waals surface area contributed by atoms with Crippen LogP contribution in [0.15, 0.2) is 11.8 Å². The highest BCUT2D eigenvalue weighted by Crippen LogP contribution is 2.15. The van der Waals surface area contributed by atoms with E-state index < -0.39 is 0 Å². The standard InChI is InChI=1S/C9H14O4/c1-11-5-6-13-9(10)7-8-3-2-4-12-8/h7H,2-6H2,1H3/b8-7+. The maximum absolute atomic E-state index is 11.0. The number of hydrogen-bond donors (Lipinski definition) is 0. The van der Waals surface area contributed by atoms with Gasteiger partial charge in [0.2, 0.25) is 0 Å². The fraction of sp³-hybridized carbons (Fsp3) is 0.667. The van der Waals surface area contributed by atoms with E-state index in [4.69, 9.17) is 14.2 Å². The van der Waals surface area contributed by atoms with Crippen LogP contribution in [0.25, 0.3) is 0 Å². The lowest BCUT2D eigenvalue weighted by atomic mass is 10.3. The second kappa shape index (κ2) is 5.59. The molecule has 0 amide bonds. The third-order valence-corrected chi connectivity index (χ3v) is 1.67. The van der Waals surface area contributed by atoms with Crippen molar-refractivity contribution in [3.05, 3.63) is 11.8 Å². The zero-order valence-electron chi connectivity index (χ0n) is 7.75. The molecule has 0 saturated carbocycles. The fourth-order valence-electron chi connectivity index (χ4n) is 1.03. The number of carbonyl (C=O) groups excluding carboxylic acids is 1. The van der Waals surface area contributed by atoms with Crippen LogP contribution in [0.5, 0.6) is 0 Å². The van der Waals surface area contributed by atoms with Crippen molar-refractivity contribution >= 4 is 5.97 Å². The van der Waals surface area contributed by atoms with Crippen molar-refractivity contribution in [2.24, 2.45) is 0 Å². The van der Waals surface area contributed by atoms with E-state index in [0.29, 0.717) is 19.8 Å². The summed E-state index contributed by atoms with van der Waals surface area (Å²) in [6.07, 6.45) is 3.22. The Kier molecular flexibility index (Phi) is 4.32. The summed E-state index contributed by atoms with van der Waals surface area (Å²) in [5.74, 6) is 0.372. The molecule has 0 aromatic carbocycles. The molecule has 1 saturated heterocycles. The molecule has 0 N–H and O–H groups in total. The van der Waals surface area contributed by atoms with E-state index >= 15 is 0 Å². The highest BCUT2D eigenvalue weighted by Gasteiger charge is 2.09. The molecule has 0 aromatic heterocycles. The first-order valence-corrected chi connectivity index (χ1v) is 4.32. The number of rotatable bonds is 4. The van der Waals surface area contributed by atoms with Crippen LogP contribution in [0.3, 0.4) is 0 Å². The van der Waals surface area contributed by atoms with Gasteiger partial charge in [0, 0.05) is 13.5 Å². The molecule has 0 aromatic rings. The lowest BCUT2D eigenvalue weighted by molar-refractivity contribution is -0.139. The maximum atomic E-state index is 11.0. The van der Waals surface area contributed by atoms with Gasteiger partial charge in [0.15, 0.2) is 0 Å². The summed E-state index contributed by atoms with van der Waals surface area (Å²) in [7, 11) is 1.56. The van der Waals surface area contributed by atoms with Crippen LogP contribution in [-0.2, 0) is 19.0 Å². The van der Waals surface area contributed by atoms with Crippen LogP contribution < -0.4 is 0 Å². The molecule has 0 radical (unpaired) electrons. The van der Waals surface area contributed by atoms with E-state index in [-0.39, 0.29) is 5.97 Å². The number of allylic oxidation sites excluding steroid dienone is 1. The van der Waals surface area contributed by atoms with Crippen molar-refractivity contribution in [1.82, 2.24) is 0 Å². The third-order valence-electron chi connectivity index (χ3n) is 1.67. The first-order valence-electron chi connectivity index (χ1n) is 4.32. The van der Waals surface area contributed by atoms with Crippen molar-refractivity contribution in [3.63, 3.8) is 0 Å². The molecule has 1 aliphatic heterocycles. The fourth-order valence-corrected chi connectivity index (χ4v) is 1.03. The SMILES string of the molecule is COCCOC(=O)/C=C1\CCCO1. The minimum Gasteiger partial charge on any atom is -0.498 e. The predicted molar refractivity (Wildman–Crippen MR) is 46.1 cm³/mol. The van der Waals surface area contributed by atoms with Crippen LogP contribution in [-0.4, -0.2) is 32.9 Å². The van der Waals surface area contributed by atoms with Gasteiger partial charge in [-0.25, -0.2) is 4.79 Å². The second-order valence-corrected chi connectivity index (χ2v) is 2.72. The van der Waals surface area contributed by atoms with Gasteiger partial charge in [-0.3, -0.25) is 0 Å². The smallest absolute Gasteiger partial charge is 0.334 e. The largest absolute Gasteiger partial charge is 0.498 e. The van der Waals surface area contributed by atoms with Crippen LogP contribution in [0.1, 0.15) is 12.8 Å². The number of ether oxygens (including phenoxy) is 3. The molecule has 1 rings (SSSR count). The summed E-state index contributed by atoms with van der Waals surface area (Å²) in [5, 5.41) is 0. The average Bonchev–Trinajstić information content (AvgIpc) is 2.57. The van der Waals surface area contributed by atoms with Crippen molar-refractivity contribution in [1.29, 1.82) is 0 Å². The first-order chi connectivity index (χ1) is 6.33. The van der Waals surface area contributed by atoms with Gasteiger partial charge < -0.3 is 14.2 Å². The van der Waals surface area contributed by atoms with Crippen molar-refractivity contribution in [2.45, 2.75) is 12.8 Å². The Balaban J connectivity index is 2.19. The quantitative estimate of drug-likeness (QED) is 0.371. The van der Waals surface area contributed by atoms with E-state index in [0.717, 1.165) is 18.6 Å². The molecule has 74 valence electrons. The summed E-state index contributed by atoms with van der Waals surface area (Å²) >= 11 is 0. The molecule has 4 nitrogen and oxygen atoms in total. The predicted octanol–water partition coefficient (Wildman–Crippen LogP) is 0.870. The van der Waals surface area contributed by atoms with Crippen LogP contribution in [0.2, 0.25) is 0 Å². The maximum Gasteiger partial charge on any atom is 0.334 e. The number of hydrogen-bond acceptors (Lipinski definition) is 4. The lowest BCUT2D eigenvalue weighted by Crippen LogP contribution is -2.07. The third kappa shape index (κ3) is 3.94. The number of methoxy groups -OCH3 is 1. The Morgan fingerprint density at radius 2 is 2.46 bits per heavy atom. The van der Waals surface area contributed by atoms with Gasteiger partial charge >= 0.3 is 5.97 Å². The molecule has 0 atom stereocenters. The molecule has 1 fully saturated rings. The summed E-state index contributed by atoms with van der Waals surface area (Å²) in [4.78, 5) is 11.0. The van der Waals surface area contributed by atoms with Crippen molar-refractivity contribution in [2.75, 3.05) is 26.9 Å². The highest BCUT2D eigenvalue weighted by atomic mass is 16.6. The summed E-state index contributed by atoms with van der Waals surface area (Å²) < 4.78 is 14.7. The van der Waals surface area contributed by atoms with Crippen LogP contribution in [0.4, 0.5) is 0 Å². The molecule has 0 bridgehead atoms. The second-order valence-electron chi connectivity index (χ2n) is 2.72.